The van der Waals surface area contributed by atoms with E-state index in [9.17, 15) is 23.6 Å². The number of rotatable bonds is 6. The number of anilines is 3. The second-order valence-electron chi connectivity index (χ2n) is 8.06. The largest absolute Gasteiger partial charge is 0.397 e. The van der Waals surface area contributed by atoms with Gasteiger partial charge in [0.1, 0.15) is 17.9 Å². The third kappa shape index (κ3) is 4.35. The van der Waals surface area contributed by atoms with Crippen LogP contribution in [0.3, 0.4) is 0 Å². The van der Waals surface area contributed by atoms with E-state index in [1.165, 1.54) is 12.3 Å². The predicted octanol–water partition coefficient (Wildman–Crippen LogP) is 2.85. The molecule has 4 N–H and O–H groups in total. The summed E-state index contributed by atoms with van der Waals surface area (Å²) in [5.41, 5.74) is 0.525. The lowest BCUT2D eigenvalue weighted by Gasteiger charge is -2.30. The quantitative estimate of drug-likeness (QED) is 0.234. The molecule has 0 atom stereocenters. The summed E-state index contributed by atoms with van der Waals surface area (Å²) in [5.74, 6) is -2.03. The average Bonchev–Trinajstić information content (AvgIpc) is 2.77. The number of nitrogens with two attached hydrogens (primary N) is 2. The summed E-state index contributed by atoms with van der Waals surface area (Å²) < 4.78 is 59.6. The van der Waals surface area contributed by atoms with Gasteiger partial charge >= 0.3 is 5.69 Å². The maximum atomic E-state index is 15.5. The summed E-state index contributed by atoms with van der Waals surface area (Å²) >= 11 is 0. The highest BCUT2D eigenvalue weighted by Crippen LogP contribution is 2.41. The number of hydrogen-bond donors (Lipinski definition) is 2. The number of hydrazine groups is 1. The van der Waals surface area contributed by atoms with Gasteiger partial charge in [0.15, 0.2) is 11.6 Å². The van der Waals surface area contributed by atoms with Gasteiger partial charge in [-0.3, -0.25) is 19.4 Å². The van der Waals surface area contributed by atoms with Crippen LogP contribution in [0.2, 0.25) is 0 Å². The number of pyridine rings is 1. The first-order chi connectivity index (χ1) is 16.3. The first-order valence-electron chi connectivity index (χ1n) is 10.2. The van der Waals surface area contributed by atoms with Gasteiger partial charge in [-0.1, -0.05) is 13.8 Å². The SMILES string of the molecule is Cc1cncc(-n2c(=O)c(N(N)c3cc(F)c(F)cc3N)c(C(F)(F)C(C)C)n(CC#N)c2=O)c1. The molecule has 13 heteroatoms. The summed E-state index contributed by atoms with van der Waals surface area (Å²) in [5, 5.41) is 9.65. The van der Waals surface area contributed by atoms with E-state index < -0.39 is 64.0 Å². The van der Waals surface area contributed by atoms with Crippen LogP contribution in [0.25, 0.3) is 5.69 Å². The second kappa shape index (κ2) is 9.22. The molecule has 0 aliphatic carbocycles. The lowest BCUT2D eigenvalue weighted by Crippen LogP contribution is -2.48. The van der Waals surface area contributed by atoms with Gasteiger partial charge in [-0.2, -0.15) is 14.0 Å². The minimum Gasteiger partial charge on any atom is -0.397 e. The molecule has 0 spiro atoms. The van der Waals surface area contributed by atoms with E-state index in [4.69, 9.17) is 11.6 Å². The van der Waals surface area contributed by atoms with E-state index in [-0.39, 0.29) is 5.69 Å². The number of nitrogens with zero attached hydrogens (tertiary/aromatic N) is 5. The minimum absolute atomic E-state index is 0.0842. The smallest absolute Gasteiger partial charge is 0.337 e. The summed E-state index contributed by atoms with van der Waals surface area (Å²) in [6, 6.07) is 4.11. The Hall–Kier alpha value is -4.18. The van der Waals surface area contributed by atoms with Crippen molar-refractivity contribution in [1.82, 2.24) is 14.1 Å². The highest BCUT2D eigenvalue weighted by atomic mass is 19.3. The van der Waals surface area contributed by atoms with Gasteiger partial charge in [0, 0.05) is 24.2 Å². The molecule has 35 heavy (non-hydrogen) atoms. The topological polar surface area (TPSA) is 136 Å². The lowest BCUT2D eigenvalue weighted by atomic mass is 10.0. The number of aromatic nitrogens is 3. The zero-order valence-corrected chi connectivity index (χ0v) is 18.9. The summed E-state index contributed by atoms with van der Waals surface area (Å²) in [6.45, 7) is 3.01. The number of aryl methyl sites for hydroxylation is 1. The Morgan fingerprint density at radius 2 is 1.80 bits per heavy atom. The van der Waals surface area contributed by atoms with Gasteiger partial charge in [-0.05, 0) is 18.6 Å². The van der Waals surface area contributed by atoms with Crippen molar-refractivity contribution in [2.24, 2.45) is 11.8 Å². The van der Waals surface area contributed by atoms with Crippen molar-refractivity contribution in [3.05, 3.63) is 74.3 Å². The molecule has 0 amide bonds. The molecule has 184 valence electrons. The van der Waals surface area contributed by atoms with Crippen molar-refractivity contribution in [3.63, 3.8) is 0 Å². The summed E-state index contributed by atoms with van der Waals surface area (Å²) in [6.07, 6.45) is 2.57. The van der Waals surface area contributed by atoms with Crippen LogP contribution in [-0.4, -0.2) is 14.1 Å². The van der Waals surface area contributed by atoms with Gasteiger partial charge in [-0.15, -0.1) is 0 Å². The Kier molecular flexibility index (Phi) is 6.71. The number of benzene rings is 1. The van der Waals surface area contributed by atoms with Crippen LogP contribution in [0.4, 0.5) is 34.6 Å². The Labute approximate surface area is 196 Å². The molecule has 3 aromatic rings. The molecule has 3 rings (SSSR count). The van der Waals surface area contributed by atoms with Crippen molar-refractivity contribution in [3.8, 4) is 11.8 Å². The molecular weight excluding hydrogens is 470 g/mol. The Balaban J connectivity index is 2.56. The highest BCUT2D eigenvalue weighted by molar-refractivity contribution is 5.75. The molecule has 0 aliphatic rings. The van der Waals surface area contributed by atoms with Crippen molar-refractivity contribution in [2.45, 2.75) is 33.2 Å². The summed E-state index contributed by atoms with van der Waals surface area (Å²) in [4.78, 5) is 30.8. The predicted molar refractivity (Wildman–Crippen MR) is 120 cm³/mol. The van der Waals surface area contributed by atoms with Crippen molar-refractivity contribution in [1.29, 1.82) is 5.26 Å². The number of nitrogen functional groups attached to an aromatic ring is 1. The van der Waals surface area contributed by atoms with Gasteiger partial charge in [0.2, 0.25) is 0 Å². The number of hydrogen-bond acceptors (Lipinski definition) is 7. The number of alkyl halides is 2. The van der Waals surface area contributed by atoms with E-state index >= 15 is 8.78 Å². The third-order valence-electron chi connectivity index (χ3n) is 5.28. The molecule has 0 saturated carbocycles. The highest BCUT2D eigenvalue weighted by Gasteiger charge is 2.44. The minimum atomic E-state index is -3.86. The Bertz CT molecular complexity index is 1460. The van der Waals surface area contributed by atoms with Gasteiger partial charge in [-0.25, -0.2) is 24.0 Å². The van der Waals surface area contributed by atoms with Crippen molar-refractivity contribution >= 4 is 17.1 Å². The maximum absolute atomic E-state index is 15.5. The lowest BCUT2D eigenvalue weighted by molar-refractivity contribution is -0.0587. The molecule has 2 aromatic heterocycles. The van der Waals surface area contributed by atoms with Crippen LogP contribution in [0.15, 0.2) is 40.2 Å². The molecule has 1 aromatic carbocycles. The normalized spacial score (nSPS) is 11.5. The molecular formula is C22H21F4N7O2. The molecule has 0 unspecified atom stereocenters. The van der Waals surface area contributed by atoms with Crippen LogP contribution < -0.4 is 27.8 Å². The first kappa shape index (κ1) is 25.4. The average molecular weight is 491 g/mol. The van der Waals surface area contributed by atoms with Crippen LogP contribution in [0.1, 0.15) is 25.1 Å². The fourth-order valence-electron chi connectivity index (χ4n) is 3.45. The molecule has 2 heterocycles. The van der Waals surface area contributed by atoms with E-state index in [1.807, 2.05) is 0 Å². The Morgan fingerprint density at radius 3 is 2.37 bits per heavy atom. The monoisotopic (exact) mass is 491 g/mol. The van der Waals surface area contributed by atoms with Crippen molar-refractivity contribution < 1.29 is 17.6 Å². The molecule has 0 radical (unpaired) electrons. The van der Waals surface area contributed by atoms with Crippen LogP contribution in [0, 0.1) is 35.8 Å². The maximum Gasteiger partial charge on any atom is 0.337 e. The number of halogens is 4. The van der Waals surface area contributed by atoms with Crippen LogP contribution in [-0.2, 0) is 12.5 Å². The first-order valence-corrected chi connectivity index (χ1v) is 10.2. The van der Waals surface area contributed by atoms with E-state index in [0.717, 1.165) is 20.0 Å². The van der Waals surface area contributed by atoms with Crippen LogP contribution in [0.5, 0.6) is 0 Å². The molecule has 0 saturated heterocycles. The molecule has 0 aliphatic heterocycles. The Morgan fingerprint density at radius 1 is 1.17 bits per heavy atom. The van der Waals surface area contributed by atoms with Gasteiger partial charge < -0.3 is 5.73 Å². The zero-order chi connectivity index (χ0) is 26.2. The second-order valence-corrected chi connectivity index (χ2v) is 8.06. The molecule has 9 nitrogen and oxygen atoms in total. The summed E-state index contributed by atoms with van der Waals surface area (Å²) in [7, 11) is 0. The van der Waals surface area contributed by atoms with Gasteiger partial charge in [0.25, 0.3) is 11.5 Å². The zero-order valence-electron chi connectivity index (χ0n) is 18.9. The van der Waals surface area contributed by atoms with E-state index in [2.05, 4.69) is 4.98 Å². The standard InChI is InChI=1S/C22H21F4N7O2/c1-11(2)22(25,26)19-18(33(29)17-8-15(24)14(23)7-16(17)28)20(34)32(21(35)31(19)5-4-27)13-6-12(3)9-30-10-13/h6-11H,5,28-29H2,1-3H3. The third-order valence-corrected chi connectivity index (χ3v) is 5.28. The van der Waals surface area contributed by atoms with Crippen molar-refractivity contribution in [2.75, 3.05) is 10.7 Å². The molecule has 0 bridgehead atoms. The van der Waals surface area contributed by atoms with E-state index in [0.29, 0.717) is 31.8 Å². The van der Waals surface area contributed by atoms with Gasteiger partial charge in [0.05, 0.1) is 29.3 Å². The number of nitriles is 1. The fraction of sp³-hybridized carbons (Fsp3) is 0.273. The van der Waals surface area contributed by atoms with E-state index in [1.54, 1.807) is 13.0 Å². The molecule has 0 fully saturated rings. The van der Waals surface area contributed by atoms with Crippen LogP contribution >= 0.6 is 0 Å². The fourth-order valence-corrected chi connectivity index (χ4v) is 3.45.